The van der Waals surface area contributed by atoms with Crippen molar-refractivity contribution in [1.82, 2.24) is 10.3 Å². The van der Waals surface area contributed by atoms with Gasteiger partial charge in [-0.15, -0.1) is 11.3 Å². The van der Waals surface area contributed by atoms with Crippen molar-refractivity contribution < 1.29 is 17.9 Å². The van der Waals surface area contributed by atoms with E-state index >= 15 is 0 Å². The van der Waals surface area contributed by atoms with Gasteiger partial charge in [-0.25, -0.2) is 4.98 Å². The minimum absolute atomic E-state index is 0.148. The summed E-state index contributed by atoms with van der Waals surface area (Å²) in [5, 5.41) is 3.36. The van der Waals surface area contributed by atoms with E-state index in [2.05, 4.69) is 10.3 Å². The molecular formula is C12H19F3N2OS. The highest BCUT2D eigenvalue weighted by Gasteiger charge is 2.37. The summed E-state index contributed by atoms with van der Waals surface area (Å²) in [6.45, 7) is 5.49. The molecule has 1 aromatic heterocycles. The SMILES string of the molecule is CCCNCc1sc(COCCC)nc1C(F)(F)F. The number of thiazole rings is 1. The maximum absolute atomic E-state index is 12.8. The molecule has 0 fully saturated rings. The van der Waals surface area contributed by atoms with Crippen LogP contribution in [0.5, 0.6) is 0 Å². The van der Waals surface area contributed by atoms with Gasteiger partial charge < -0.3 is 10.1 Å². The Morgan fingerprint density at radius 3 is 2.58 bits per heavy atom. The molecule has 1 rings (SSSR count). The first-order chi connectivity index (χ1) is 8.99. The largest absolute Gasteiger partial charge is 0.434 e. The molecule has 0 bridgehead atoms. The topological polar surface area (TPSA) is 34.1 Å². The minimum Gasteiger partial charge on any atom is -0.374 e. The number of ether oxygens (including phenoxy) is 1. The van der Waals surface area contributed by atoms with Crippen LogP contribution < -0.4 is 5.32 Å². The van der Waals surface area contributed by atoms with Crippen molar-refractivity contribution in [2.24, 2.45) is 0 Å². The van der Waals surface area contributed by atoms with Crippen molar-refractivity contribution in [2.75, 3.05) is 13.2 Å². The third-order valence-corrected chi connectivity index (χ3v) is 3.33. The van der Waals surface area contributed by atoms with Crippen molar-refractivity contribution in [3.63, 3.8) is 0 Å². The summed E-state index contributed by atoms with van der Waals surface area (Å²) < 4.78 is 43.7. The summed E-state index contributed by atoms with van der Waals surface area (Å²) in [5.74, 6) is 0. The zero-order chi connectivity index (χ0) is 14.3. The monoisotopic (exact) mass is 296 g/mol. The van der Waals surface area contributed by atoms with Crippen LogP contribution in [0.25, 0.3) is 0 Å². The van der Waals surface area contributed by atoms with Crippen LogP contribution in [0.1, 0.15) is 42.3 Å². The lowest BCUT2D eigenvalue weighted by Crippen LogP contribution is -2.17. The third-order valence-electron chi connectivity index (χ3n) is 2.30. The molecule has 0 saturated heterocycles. The lowest BCUT2D eigenvalue weighted by Gasteiger charge is -2.06. The quantitative estimate of drug-likeness (QED) is 0.744. The molecule has 0 atom stereocenters. The molecule has 0 aliphatic heterocycles. The molecule has 1 heterocycles. The van der Waals surface area contributed by atoms with Gasteiger partial charge in [-0.3, -0.25) is 0 Å². The highest BCUT2D eigenvalue weighted by molar-refractivity contribution is 7.11. The Hall–Kier alpha value is -0.660. The van der Waals surface area contributed by atoms with Crippen molar-refractivity contribution in [1.29, 1.82) is 0 Å². The fourth-order valence-electron chi connectivity index (χ4n) is 1.49. The van der Waals surface area contributed by atoms with Crippen LogP contribution in [0.4, 0.5) is 13.2 Å². The van der Waals surface area contributed by atoms with E-state index in [4.69, 9.17) is 4.74 Å². The van der Waals surface area contributed by atoms with Gasteiger partial charge in [0.15, 0.2) is 5.69 Å². The standard InChI is InChI=1S/C12H19F3N2OS/c1-3-5-16-7-9-11(12(13,14)15)17-10(19-9)8-18-6-4-2/h16H,3-8H2,1-2H3. The second-order valence-electron chi connectivity index (χ2n) is 4.11. The minimum atomic E-state index is -4.40. The van der Waals surface area contributed by atoms with Crippen LogP contribution >= 0.6 is 11.3 Å². The predicted molar refractivity (Wildman–Crippen MR) is 69.1 cm³/mol. The molecule has 0 spiro atoms. The second kappa shape index (κ2) is 7.81. The number of aromatic nitrogens is 1. The van der Waals surface area contributed by atoms with Crippen LogP contribution in [0.3, 0.4) is 0 Å². The molecule has 0 amide bonds. The Balaban J connectivity index is 2.74. The van der Waals surface area contributed by atoms with Crippen molar-refractivity contribution in [2.45, 2.75) is 46.0 Å². The Bertz CT molecular complexity index is 380. The van der Waals surface area contributed by atoms with Crippen LogP contribution in [0.15, 0.2) is 0 Å². The molecule has 0 aromatic carbocycles. The average Bonchev–Trinajstić information content (AvgIpc) is 2.73. The number of nitrogens with zero attached hydrogens (tertiary/aromatic N) is 1. The van der Waals surface area contributed by atoms with Crippen LogP contribution in [0, 0.1) is 0 Å². The molecular weight excluding hydrogens is 277 g/mol. The van der Waals surface area contributed by atoms with Gasteiger partial charge >= 0.3 is 6.18 Å². The van der Waals surface area contributed by atoms with E-state index in [1.54, 1.807) is 0 Å². The Kier molecular flexibility index (Phi) is 6.74. The Labute approximate surface area is 115 Å². The number of nitrogens with one attached hydrogen (secondary N) is 1. The summed E-state index contributed by atoms with van der Waals surface area (Å²) in [7, 11) is 0. The summed E-state index contributed by atoms with van der Waals surface area (Å²) in [5.41, 5.74) is -0.781. The molecule has 1 aromatic rings. The molecule has 0 radical (unpaired) electrons. The number of hydrogen-bond acceptors (Lipinski definition) is 4. The van der Waals surface area contributed by atoms with Crippen LogP contribution in [0.2, 0.25) is 0 Å². The summed E-state index contributed by atoms with van der Waals surface area (Å²) in [4.78, 5) is 3.89. The number of halogens is 3. The maximum atomic E-state index is 12.8. The predicted octanol–water partition coefficient (Wildman–Crippen LogP) is 3.59. The third kappa shape index (κ3) is 5.46. The molecule has 7 heteroatoms. The fraction of sp³-hybridized carbons (Fsp3) is 0.750. The molecule has 0 saturated carbocycles. The normalized spacial score (nSPS) is 12.1. The van der Waals surface area contributed by atoms with Gasteiger partial charge in [0, 0.05) is 13.2 Å². The number of hydrogen-bond donors (Lipinski definition) is 1. The van der Waals surface area contributed by atoms with Gasteiger partial charge in [0.05, 0.1) is 11.5 Å². The molecule has 0 unspecified atom stereocenters. The van der Waals surface area contributed by atoms with E-state index in [-0.39, 0.29) is 18.0 Å². The van der Waals surface area contributed by atoms with E-state index in [9.17, 15) is 13.2 Å². The van der Waals surface area contributed by atoms with Crippen molar-refractivity contribution >= 4 is 11.3 Å². The van der Waals surface area contributed by atoms with Gasteiger partial charge in [-0.05, 0) is 19.4 Å². The van der Waals surface area contributed by atoms with E-state index in [0.29, 0.717) is 18.2 Å². The first-order valence-corrected chi connectivity index (χ1v) is 7.14. The maximum Gasteiger partial charge on any atom is 0.434 e. The first kappa shape index (κ1) is 16.4. The van der Waals surface area contributed by atoms with E-state index in [0.717, 1.165) is 24.2 Å². The van der Waals surface area contributed by atoms with Gasteiger partial charge in [-0.1, -0.05) is 13.8 Å². The van der Waals surface area contributed by atoms with Crippen molar-refractivity contribution in [3.8, 4) is 0 Å². The second-order valence-corrected chi connectivity index (χ2v) is 5.27. The van der Waals surface area contributed by atoms with Gasteiger partial charge in [0.1, 0.15) is 5.01 Å². The Morgan fingerprint density at radius 1 is 1.26 bits per heavy atom. The highest BCUT2D eigenvalue weighted by atomic mass is 32.1. The summed E-state index contributed by atoms with van der Waals surface area (Å²) in [6, 6.07) is 0. The average molecular weight is 296 g/mol. The molecule has 0 aliphatic carbocycles. The number of alkyl halides is 3. The number of rotatable bonds is 8. The smallest absolute Gasteiger partial charge is 0.374 e. The molecule has 110 valence electrons. The van der Waals surface area contributed by atoms with E-state index in [1.807, 2.05) is 13.8 Å². The summed E-state index contributed by atoms with van der Waals surface area (Å²) >= 11 is 1.07. The zero-order valence-corrected chi connectivity index (χ0v) is 12.0. The highest BCUT2D eigenvalue weighted by Crippen LogP contribution is 2.34. The fourth-order valence-corrected chi connectivity index (χ4v) is 2.48. The van der Waals surface area contributed by atoms with Crippen LogP contribution in [-0.2, 0) is 24.1 Å². The molecule has 1 N–H and O–H groups in total. The molecule has 0 aliphatic rings. The molecule has 19 heavy (non-hydrogen) atoms. The lowest BCUT2D eigenvalue weighted by molar-refractivity contribution is -0.141. The Morgan fingerprint density at radius 2 is 2.00 bits per heavy atom. The van der Waals surface area contributed by atoms with Gasteiger partial charge in [-0.2, -0.15) is 13.2 Å². The lowest BCUT2D eigenvalue weighted by atomic mass is 10.3. The zero-order valence-electron chi connectivity index (χ0n) is 11.1. The van der Waals surface area contributed by atoms with Crippen molar-refractivity contribution in [3.05, 3.63) is 15.6 Å². The first-order valence-electron chi connectivity index (χ1n) is 6.33. The van der Waals surface area contributed by atoms with Gasteiger partial charge in [0.25, 0.3) is 0 Å². The van der Waals surface area contributed by atoms with E-state index in [1.165, 1.54) is 0 Å². The summed E-state index contributed by atoms with van der Waals surface area (Å²) in [6.07, 6.45) is -2.68. The van der Waals surface area contributed by atoms with E-state index < -0.39 is 11.9 Å². The molecule has 3 nitrogen and oxygen atoms in total. The van der Waals surface area contributed by atoms with Crippen LogP contribution in [-0.4, -0.2) is 18.1 Å². The van der Waals surface area contributed by atoms with Gasteiger partial charge in [0.2, 0.25) is 0 Å².